The quantitative estimate of drug-likeness (QED) is 0.194. The highest BCUT2D eigenvalue weighted by Crippen LogP contribution is 2.32. The van der Waals surface area contributed by atoms with E-state index in [4.69, 9.17) is 9.47 Å². The van der Waals surface area contributed by atoms with Gasteiger partial charge < -0.3 is 14.8 Å². The van der Waals surface area contributed by atoms with Crippen molar-refractivity contribution in [2.45, 2.75) is 11.8 Å². The van der Waals surface area contributed by atoms with Gasteiger partial charge in [-0.1, -0.05) is 48.5 Å². The van der Waals surface area contributed by atoms with Crippen LogP contribution in [0, 0.1) is 0 Å². The van der Waals surface area contributed by atoms with Crippen molar-refractivity contribution < 1.29 is 27.5 Å². The van der Waals surface area contributed by atoms with E-state index in [0.29, 0.717) is 34.0 Å². The summed E-state index contributed by atoms with van der Waals surface area (Å²) in [6.45, 7) is 1.15. The number of carbonyl (C=O) groups is 2. The van der Waals surface area contributed by atoms with E-state index in [1.54, 1.807) is 85.8 Å². The van der Waals surface area contributed by atoms with E-state index >= 15 is 0 Å². The first-order chi connectivity index (χ1) is 20.2. The second-order valence-corrected chi connectivity index (χ2v) is 10.9. The molecule has 2 amide bonds. The SMILES string of the molecule is COc1ccc(S(=O)(=O)N(CC(=O)N/N=C(/C)c2cccc(NC(=O)c3ccccc3)c2)c2ccccc2)cc1OC. The number of hydrogen-bond donors (Lipinski definition) is 2. The smallest absolute Gasteiger partial charge is 0.264 e. The van der Waals surface area contributed by atoms with Crippen molar-refractivity contribution in [2.24, 2.45) is 5.10 Å². The van der Waals surface area contributed by atoms with Crippen LogP contribution in [-0.2, 0) is 14.8 Å². The molecule has 2 N–H and O–H groups in total. The molecule has 0 aliphatic heterocycles. The maximum absolute atomic E-state index is 13.7. The van der Waals surface area contributed by atoms with E-state index in [1.165, 1.54) is 32.4 Å². The average Bonchev–Trinajstić information content (AvgIpc) is 3.02. The van der Waals surface area contributed by atoms with Gasteiger partial charge in [-0.3, -0.25) is 13.9 Å². The van der Waals surface area contributed by atoms with Crippen LogP contribution >= 0.6 is 0 Å². The Morgan fingerprint density at radius 1 is 0.786 bits per heavy atom. The maximum atomic E-state index is 13.7. The van der Waals surface area contributed by atoms with Crippen molar-refractivity contribution in [3.05, 3.63) is 114 Å². The molecule has 4 aromatic rings. The van der Waals surface area contributed by atoms with Crippen LogP contribution in [-0.4, -0.2) is 46.7 Å². The van der Waals surface area contributed by atoms with Crippen molar-refractivity contribution in [3.8, 4) is 11.5 Å². The number of ether oxygens (including phenoxy) is 2. The number of benzene rings is 4. The summed E-state index contributed by atoms with van der Waals surface area (Å²) in [6.07, 6.45) is 0. The van der Waals surface area contributed by atoms with Gasteiger partial charge in [-0.2, -0.15) is 5.10 Å². The fraction of sp³-hybridized carbons (Fsp3) is 0.129. The number of carbonyl (C=O) groups excluding carboxylic acids is 2. The molecule has 42 heavy (non-hydrogen) atoms. The van der Waals surface area contributed by atoms with Crippen molar-refractivity contribution in [2.75, 3.05) is 30.4 Å². The summed E-state index contributed by atoms with van der Waals surface area (Å²) in [4.78, 5) is 25.4. The van der Waals surface area contributed by atoms with E-state index in [1.807, 2.05) is 6.07 Å². The van der Waals surface area contributed by atoms with Gasteiger partial charge in [0.1, 0.15) is 6.54 Å². The molecule has 0 aliphatic rings. The number of anilines is 2. The Hall–Kier alpha value is -5.16. The van der Waals surface area contributed by atoms with Crippen LogP contribution in [0.3, 0.4) is 0 Å². The molecule has 0 saturated carbocycles. The summed E-state index contributed by atoms with van der Waals surface area (Å²) in [6, 6.07) is 28.3. The summed E-state index contributed by atoms with van der Waals surface area (Å²) in [5, 5.41) is 7.01. The van der Waals surface area contributed by atoms with Crippen LogP contribution in [0.25, 0.3) is 0 Å². The van der Waals surface area contributed by atoms with Crippen LogP contribution < -0.4 is 24.5 Å². The van der Waals surface area contributed by atoms with Gasteiger partial charge in [0.2, 0.25) is 0 Å². The molecule has 0 fully saturated rings. The number of para-hydroxylation sites is 1. The number of sulfonamides is 1. The maximum Gasteiger partial charge on any atom is 0.264 e. The Morgan fingerprint density at radius 2 is 1.43 bits per heavy atom. The minimum Gasteiger partial charge on any atom is -0.493 e. The second kappa shape index (κ2) is 13.5. The Balaban J connectivity index is 1.52. The van der Waals surface area contributed by atoms with E-state index in [0.717, 1.165) is 4.31 Å². The van der Waals surface area contributed by atoms with E-state index < -0.39 is 22.5 Å². The molecule has 4 aromatic carbocycles. The lowest BCUT2D eigenvalue weighted by Gasteiger charge is -2.24. The van der Waals surface area contributed by atoms with Gasteiger partial charge in [-0.15, -0.1) is 0 Å². The molecule has 10 nitrogen and oxygen atoms in total. The zero-order chi connectivity index (χ0) is 30.1. The van der Waals surface area contributed by atoms with E-state index in [9.17, 15) is 18.0 Å². The van der Waals surface area contributed by atoms with Crippen LogP contribution in [0.4, 0.5) is 11.4 Å². The Morgan fingerprint density at radius 3 is 2.10 bits per heavy atom. The number of hydrazone groups is 1. The normalized spacial score (nSPS) is 11.4. The fourth-order valence-corrected chi connectivity index (χ4v) is 5.44. The predicted octanol–water partition coefficient (Wildman–Crippen LogP) is 4.69. The summed E-state index contributed by atoms with van der Waals surface area (Å²) in [5.41, 5.74) is 4.92. The van der Waals surface area contributed by atoms with Gasteiger partial charge >= 0.3 is 0 Å². The molecular formula is C31H30N4O6S. The monoisotopic (exact) mass is 586 g/mol. The number of methoxy groups -OCH3 is 2. The van der Waals surface area contributed by atoms with Crippen molar-refractivity contribution >= 4 is 38.9 Å². The lowest BCUT2D eigenvalue weighted by Crippen LogP contribution is -2.39. The number of nitrogens with one attached hydrogen (secondary N) is 2. The molecule has 0 spiro atoms. The van der Waals surface area contributed by atoms with Crippen LogP contribution in [0.1, 0.15) is 22.8 Å². The molecule has 0 aromatic heterocycles. The topological polar surface area (TPSA) is 126 Å². The largest absolute Gasteiger partial charge is 0.493 e. The van der Waals surface area contributed by atoms with Crippen LogP contribution in [0.5, 0.6) is 11.5 Å². The number of nitrogens with zero attached hydrogens (tertiary/aromatic N) is 2. The molecule has 0 bridgehead atoms. The molecule has 0 heterocycles. The molecular weight excluding hydrogens is 556 g/mol. The standard InChI is InChI=1S/C31H30N4O6S/c1-22(24-13-10-14-25(19-24)32-31(37)23-11-6-4-7-12-23)33-34-30(36)21-35(26-15-8-5-9-16-26)42(38,39)27-17-18-28(40-2)29(20-27)41-3/h4-20H,21H2,1-3H3,(H,32,37)(H,34,36)/b33-22-. The minimum atomic E-state index is -4.19. The molecule has 0 aliphatic carbocycles. The zero-order valence-electron chi connectivity index (χ0n) is 23.3. The van der Waals surface area contributed by atoms with Gasteiger partial charge in [0.15, 0.2) is 11.5 Å². The third kappa shape index (κ3) is 7.12. The number of rotatable bonds is 11. The van der Waals surface area contributed by atoms with Crippen molar-refractivity contribution in [1.29, 1.82) is 0 Å². The Labute approximate surface area is 244 Å². The first-order valence-corrected chi connectivity index (χ1v) is 14.3. The molecule has 11 heteroatoms. The summed E-state index contributed by atoms with van der Waals surface area (Å²) < 4.78 is 38.9. The Bertz CT molecular complexity index is 1690. The average molecular weight is 587 g/mol. The van der Waals surface area contributed by atoms with Gasteiger partial charge in [-0.05, 0) is 61.0 Å². The van der Waals surface area contributed by atoms with Gasteiger partial charge in [0.25, 0.3) is 21.8 Å². The Kier molecular flexibility index (Phi) is 9.56. The summed E-state index contributed by atoms with van der Waals surface area (Å²) in [7, 11) is -1.33. The summed E-state index contributed by atoms with van der Waals surface area (Å²) >= 11 is 0. The van der Waals surface area contributed by atoms with Gasteiger partial charge in [0, 0.05) is 17.3 Å². The van der Waals surface area contributed by atoms with Crippen LogP contribution in [0.15, 0.2) is 113 Å². The number of amides is 2. The lowest BCUT2D eigenvalue weighted by molar-refractivity contribution is -0.119. The third-order valence-corrected chi connectivity index (χ3v) is 7.97. The highest BCUT2D eigenvalue weighted by atomic mass is 32.2. The molecule has 216 valence electrons. The van der Waals surface area contributed by atoms with Crippen LogP contribution in [0.2, 0.25) is 0 Å². The molecule has 0 atom stereocenters. The first kappa shape index (κ1) is 29.8. The molecule has 0 radical (unpaired) electrons. The number of hydrogen-bond acceptors (Lipinski definition) is 7. The molecule has 0 unspecified atom stereocenters. The highest BCUT2D eigenvalue weighted by Gasteiger charge is 2.28. The zero-order valence-corrected chi connectivity index (χ0v) is 24.1. The fourth-order valence-electron chi connectivity index (χ4n) is 4.00. The first-order valence-electron chi connectivity index (χ1n) is 12.8. The van der Waals surface area contributed by atoms with Gasteiger partial charge in [0.05, 0.1) is 30.5 Å². The van der Waals surface area contributed by atoms with Crippen molar-refractivity contribution in [3.63, 3.8) is 0 Å². The second-order valence-electron chi connectivity index (χ2n) is 9.00. The van der Waals surface area contributed by atoms with Gasteiger partial charge in [-0.25, -0.2) is 13.8 Å². The lowest BCUT2D eigenvalue weighted by atomic mass is 10.1. The minimum absolute atomic E-state index is 0.0779. The van der Waals surface area contributed by atoms with Crippen molar-refractivity contribution in [1.82, 2.24) is 5.43 Å². The molecule has 4 rings (SSSR count). The molecule has 0 saturated heterocycles. The van der Waals surface area contributed by atoms with E-state index in [-0.39, 0.29) is 16.6 Å². The van der Waals surface area contributed by atoms with E-state index in [2.05, 4.69) is 15.8 Å². The third-order valence-electron chi connectivity index (χ3n) is 6.20. The predicted molar refractivity (Wildman–Crippen MR) is 162 cm³/mol. The summed E-state index contributed by atoms with van der Waals surface area (Å²) in [5.74, 6) is -0.310. The highest BCUT2D eigenvalue weighted by molar-refractivity contribution is 7.92.